The predicted molar refractivity (Wildman–Crippen MR) is 110 cm³/mol. The lowest BCUT2D eigenvalue weighted by atomic mass is 9.87. The molecule has 1 N–H and O–H groups in total. The molecule has 30 heavy (non-hydrogen) atoms. The quantitative estimate of drug-likeness (QED) is 0.714. The first-order valence-electron chi connectivity index (χ1n) is 9.82. The minimum Gasteiger partial charge on any atom is -0.497 e. The molecule has 3 heterocycles. The second-order valence-electron chi connectivity index (χ2n) is 7.26. The Hall–Kier alpha value is -3.68. The number of ketones is 1. The maximum absolute atomic E-state index is 12.8. The summed E-state index contributed by atoms with van der Waals surface area (Å²) in [6, 6.07) is 10.8. The number of methoxy groups -OCH3 is 2. The lowest BCUT2D eigenvalue weighted by Gasteiger charge is -2.31. The fraction of sp³-hybridized carbons (Fsp3) is 0.273. The number of fused-ring (bicyclic) bond motifs is 1. The summed E-state index contributed by atoms with van der Waals surface area (Å²) >= 11 is 0. The number of anilines is 1. The van der Waals surface area contributed by atoms with E-state index in [0.717, 1.165) is 35.4 Å². The Morgan fingerprint density at radius 1 is 1.10 bits per heavy atom. The van der Waals surface area contributed by atoms with Crippen molar-refractivity contribution in [3.8, 4) is 22.9 Å². The summed E-state index contributed by atoms with van der Waals surface area (Å²) in [6.07, 6.45) is 3.90. The standard InChI is InChI=1S/C22H21N5O3/c1-29-14-10-13(11-15(12-14)30-2)21-25-22-24-16-7-5-8-18(28)19(16)20(27(22)26-21)17-6-3-4-9-23-17/h3-4,6,9-12,20H,5,7-8H2,1-2H3,(H,24,25,26). The summed E-state index contributed by atoms with van der Waals surface area (Å²) in [4.78, 5) is 22.1. The number of benzene rings is 1. The van der Waals surface area contributed by atoms with Crippen LogP contribution in [-0.2, 0) is 4.79 Å². The number of carbonyl (C=O) groups is 1. The molecular formula is C22H21N5O3. The largest absolute Gasteiger partial charge is 0.497 e. The summed E-state index contributed by atoms with van der Waals surface area (Å²) < 4.78 is 12.5. The van der Waals surface area contributed by atoms with Gasteiger partial charge in [-0.2, -0.15) is 4.98 Å². The third kappa shape index (κ3) is 3.01. The Labute approximate surface area is 173 Å². The summed E-state index contributed by atoms with van der Waals surface area (Å²) in [5.41, 5.74) is 3.17. The van der Waals surface area contributed by atoms with Gasteiger partial charge in [-0.25, -0.2) is 4.68 Å². The number of nitrogens with one attached hydrogen (secondary N) is 1. The van der Waals surface area contributed by atoms with E-state index < -0.39 is 6.04 Å². The van der Waals surface area contributed by atoms with Crippen LogP contribution in [0, 0.1) is 0 Å². The molecule has 152 valence electrons. The molecule has 0 amide bonds. The van der Waals surface area contributed by atoms with Gasteiger partial charge >= 0.3 is 0 Å². The molecule has 2 aliphatic rings. The summed E-state index contributed by atoms with van der Waals surface area (Å²) in [6.45, 7) is 0. The normalized spacial score (nSPS) is 17.8. The summed E-state index contributed by atoms with van der Waals surface area (Å²) in [5.74, 6) is 2.54. The van der Waals surface area contributed by atoms with Crippen molar-refractivity contribution in [3.05, 3.63) is 59.6 Å². The zero-order valence-electron chi connectivity index (χ0n) is 16.8. The highest BCUT2D eigenvalue weighted by Crippen LogP contribution is 2.40. The molecule has 0 bridgehead atoms. The number of nitrogens with zero attached hydrogens (tertiary/aromatic N) is 4. The SMILES string of the molecule is COc1cc(OC)cc(-c2nc3n(n2)C(c2ccccn2)C2=C(CCCC2=O)N3)c1. The first kappa shape index (κ1) is 18.4. The molecule has 1 unspecified atom stereocenters. The molecule has 0 saturated carbocycles. The van der Waals surface area contributed by atoms with Crippen molar-refractivity contribution in [2.75, 3.05) is 19.5 Å². The Morgan fingerprint density at radius 3 is 2.60 bits per heavy atom. The van der Waals surface area contributed by atoms with E-state index >= 15 is 0 Å². The number of rotatable bonds is 4. The summed E-state index contributed by atoms with van der Waals surface area (Å²) in [5, 5.41) is 8.09. The molecule has 0 radical (unpaired) electrons. The van der Waals surface area contributed by atoms with Crippen LogP contribution in [0.1, 0.15) is 31.0 Å². The van der Waals surface area contributed by atoms with Crippen LogP contribution in [0.25, 0.3) is 11.4 Å². The average molecular weight is 403 g/mol. The van der Waals surface area contributed by atoms with E-state index in [0.29, 0.717) is 29.7 Å². The maximum Gasteiger partial charge on any atom is 0.226 e. The van der Waals surface area contributed by atoms with E-state index in [2.05, 4.69) is 10.3 Å². The fourth-order valence-corrected chi connectivity index (χ4v) is 4.03. The predicted octanol–water partition coefficient (Wildman–Crippen LogP) is 3.38. The molecule has 8 heteroatoms. The van der Waals surface area contributed by atoms with Crippen LogP contribution in [0.4, 0.5) is 5.95 Å². The summed E-state index contributed by atoms with van der Waals surface area (Å²) in [7, 11) is 3.21. The molecule has 3 aromatic rings. The lowest BCUT2D eigenvalue weighted by molar-refractivity contribution is -0.116. The van der Waals surface area contributed by atoms with Crippen molar-refractivity contribution in [2.24, 2.45) is 0 Å². The number of aromatic nitrogens is 4. The van der Waals surface area contributed by atoms with Crippen LogP contribution < -0.4 is 14.8 Å². The van der Waals surface area contributed by atoms with Crippen molar-refractivity contribution in [1.82, 2.24) is 19.7 Å². The Bertz CT molecular complexity index is 1130. The minimum absolute atomic E-state index is 0.130. The van der Waals surface area contributed by atoms with E-state index in [1.165, 1.54) is 0 Å². The molecule has 1 atom stereocenters. The minimum atomic E-state index is -0.404. The van der Waals surface area contributed by atoms with Crippen LogP contribution in [-0.4, -0.2) is 39.8 Å². The van der Waals surface area contributed by atoms with Crippen LogP contribution in [0.3, 0.4) is 0 Å². The van der Waals surface area contributed by atoms with Crippen molar-refractivity contribution < 1.29 is 14.3 Å². The Kier molecular flexibility index (Phi) is 4.46. The monoisotopic (exact) mass is 403 g/mol. The first-order chi connectivity index (χ1) is 14.7. The van der Waals surface area contributed by atoms with Gasteiger partial charge in [0.2, 0.25) is 5.95 Å². The Balaban J connectivity index is 1.66. The van der Waals surface area contributed by atoms with Crippen molar-refractivity contribution in [3.63, 3.8) is 0 Å². The van der Waals surface area contributed by atoms with Gasteiger partial charge in [0.05, 0.1) is 19.9 Å². The van der Waals surface area contributed by atoms with Gasteiger partial charge in [-0.05, 0) is 37.1 Å². The van der Waals surface area contributed by atoms with Gasteiger partial charge in [-0.3, -0.25) is 9.78 Å². The number of hydrogen-bond acceptors (Lipinski definition) is 7. The lowest BCUT2D eigenvalue weighted by Crippen LogP contribution is -2.32. The highest BCUT2D eigenvalue weighted by atomic mass is 16.5. The fourth-order valence-electron chi connectivity index (χ4n) is 4.03. The molecule has 1 aliphatic heterocycles. The van der Waals surface area contributed by atoms with Crippen molar-refractivity contribution in [1.29, 1.82) is 0 Å². The van der Waals surface area contributed by atoms with Gasteiger partial charge in [-0.15, -0.1) is 5.10 Å². The highest BCUT2D eigenvalue weighted by molar-refractivity contribution is 5.99. The zero-order valence-corrected chi connectivity index (χ0v) is 16.8. The number of pyridine rings is 1. The molecule has 0 saturated heterocycles. The van der Waals surface area contributed by atoms with Gasteiger partial charge in [0.1, 0.15) is 17.5 Å². The van der Waals surface area contributed by atoms with E-state index in [1.54, 1.807) is 31.2 Å². The van der Waals surface area contributed by atoms with Gasteiger partial charge < -0.3 is 14.8 Å². The van der Waals surface area contributed by atoms with Crippen LogP contribution in [0.2, 0.25) is 0 Å². The average Bonchev–Trinajstić information content (AvgIpc) is 3.22. The first-order valence-corrected chi connectivity index (χ1v) is 9.82. The Morgan fingerprint density at radius 2 is 1.90 bits per heavy atom. The highest BCUT2D eigenvalue weighted by Gasteiger charge is 2.37. The second kappa shape index (κ2) is 7.29. The second-order valence-corrected chi connectivity index (χ2v) is 7.26. The molecular weight excluding hydrogens is 382 g/mol. The van der Waals surface area contributed by atoms with Crippen molar-refractivity contribution in [2.45, 2.75) is 25.3 Å². The molecule has 1 aliphatic carbocycles. The van der Waals surface area contributed by atoms with E-state index in [-0.39, 0.29) is 5.78 Å². The number of ether oxygens (including phenoxy) is 2. The van der Waals surface area contributed by atoms with Gasteiger partial charge in [0.25, 0.3) is 0 Å². The topological polar surface area (TPSA) is 91.2 Å². The van der Waals surface area contributed by atoms with Gasteiger partial charge in [0, 0.05) is 35.5 Å². The van der Waals surface area contributed by atoms with Crippen LogP contribution in [0.5, 0.6) is 11.5 Å². The third-order valence-electron chi connectivity index (χ3n) is 5.45. The van der Waals surface area contributed by atoms with Crippen LogP contribution in [0.15, 0.2) is 53.9 Å². The molecule has 1 aromatic carbocycles. The molecule has 2 aromatic heterocycles. The third-order valence-corrected chi connectivity index (χ3v) is 5.45. The molecule has 8 nitrogen and oxygen atoms in total. The van der Waals surface area contributed by atoms with Crippen LogP contribution >= 0.6 is 0 Å². The molecule has 0 fully saturated rings. The van der Waals surface area contributed by atoms with E-state index in [4.69, 9.17) is 19.6 Å². The number of Topliss-reactive ketones (excluding diaryl/α,β-unsaturated/α-hetero) is 1. The smallest absolute Gasteiger partial charge is 0.226 e. The van der Waals surface area contributed by atoms with E-state index in [1.807, 2.05) is 30.3 Å². The zero-order chi connectivity index (χ0) is 20.7. The molecule has 0 spiro atoms. The van der Waals surface area contributed by atoms with Gasteiger partial charge in [0.15, 0.2) is 11.6 Å². The number of allylic oxidation sites excluding steroid dienone is 2. The molecule has 5 rings (SSSR count). The van der Waals surface area contributed by atoms with Gasteiger partial charge in [-0.1, -0.05) is 6.07 Å². The number of hydrogen-bond donors (Lipinski definition) is 1. The van der Waals surface area contributed by atoms with E-state index in [9.17, 15) is 4.79 Å². The van der Waals surface area contributed by atoms with Crippen molar-refractivity contribution >= 4 is 11.7 Å². The maximum atomic E-state index is 12.8. The number of carbonyl (C=O) groups excluding carboxylic acids is 1.